The van der Waals surface area contributed by atoms with Crippen LogP contribution in [0.1, 0.15) is 12.5 Å². The first-order valence-corrected chi connectivity index (χ1v) is 7.40. The molecular formula is C18H22N2O. The monoisotopic (exact) mass is 282 g/mol. The summed E-state index contributed by atoms with van der Waals surface area (Å²) in [6.45, 7) is 3.95. The number of rotatable bonds is 7. The van der Waals surface area contributed by atoms with Crippen LogP contribution in [0.3, 0.4) is 0 Å². The molecule has 110 valence electrons. The Bertz CT molecular complexity index is 540. The molecule has 0 saturated heterocycles. The second-order valence-electron chi connectivity index (χ2n) is 4.94. The zero-order chi connectivity index (χ0) is 14.9. The van der Waals surface area contributed by atoms with E-state index in [0.717, 1.165) is 18.7 Å². The van der Waals surface area contributed by atoms with Gasteiger partial charge in [0, 0.05) is 18.8 Å². The zero-order valence-corrected chi connectivity index (χ0v) is 12.5. The minimum absolute atomic E-state index is 0.0663. The number of carbonyl (C=O) groups is 1. The lowest BCUT2D eigenvalue weighted by atomic mass is 10.1. The van der Waals surface area contributed by atoms with Crippen LogP contribution in [0.25, 0.3) is 0 Å². The molecule has 0 radical (unpaired) electrons. The summed E-state index contributed by atoms with van der Waals surface area (Å²) in [5.41, 5.74) is 2.33. The number of hydrogen-bond donors (Lipinski definition) is 1. The molecule has 2 aromatic carbocycles. The Morgan fingerprint density at radius 2 is 1.62 bits per heavy atom. The molecule has 0 atom stereocenters. The fourth-order valence-electron chi connectivity index (χ4n) is 2.24. The number of nitrogens with one attached hydrogen (secondary N) is 1. The summed E-state index contributed by atoms with van der Waals surface area (Å²) in [4.78, 5) is 14.1. The molecule has 3 nitrogen and oxygen atoms in total. The molecule has 2 aromatic rings. The van der Waals surface area contributed by atoms with Crippen LogP contribution in [-0.2, 0) is 11.2 Å². The highest BCUT2D eigenvalue weighted by molar-refractivity contribution is 5.81. The van der Waals surface area contributed by atoms with E-state index in [-0.39, 0.29) is 5.91 Å². The first kappa shape index (κ1) is 15.1. The van der Waals surface area contributed by atoms with Crippen LogP contribution in [0, 0.1) is 0 Å². The summed E-state index contributed by atoms with van der Waals surface area (Å²) in [7, 11) is 0. The van der Waals surface area contributed by atoms with Crippen molar-refractivity contribution in [2.75, 3.05) is 24.5 Å². The van der Waals surface area contributed by atoms with Gasteiger partial charge in [0.1, 0.15) is 0 Å². The highest BCUT2D eigenvalue weighted by atomic mass is 16.2. The van der Waals surface area contributed by atoms with Gasteiger partial charge in [0.25, 0.3) is 0 Å². The predicted octanol–water partition coefficient (Wildman–Crippen LogP) is 2.87. The lowest BCUT2D eigenvalue weighted by molar-refractivity contribution is -0.119. The Morgan fingerprint density at radius 3 is 2.24 bits per heavy atom. The van der Waals surface area contributed by atoms with Crippen molar-refractivity contribution in [1.82, 2.24) is 5.32 Å². The molecule has 0 aliphatic carbocycles. The van der Waals surface area contributed by atoms with E-state index < -0.39 is 0 Å². The third-order valence-corrected chi connectivity index (χ3v) is 3.42. The molecule has 21 heavy (non-hydrogen) atoms. The summed E-state index contributed by atoms with van der Waals surface area (Å²) in [5.74, 6) is 0.0663. The number of para-hydroxylation sites is 1. The molecule has 0 unspecified atom stereocenters. The summed E-state index contributed by atoms with van der Waals surface area (Å²) < 4.78 is 0. The maximum absolute atomic E-state index is 12.0. The lowest BCUT2D eigenvalue weighted by Gasteiger charge is -2.22. The fraction of sp³-hybridized carbons (Fsp3) is 0.278. The number of carbonyl (C=O) groups excluding carboxylic acids is 1. The minimum atomic E-state index is 0.0663. The van der Waals surface area contributed by atoms with Crippen molar-refractivity contribution in [2.45, 2.75) is 13.3 Å². The molecule has 0 aliphatic heterocycles. The SMILES string of the molecule is CCN(CC(=O)NCCc1ccccc1)c1ccccc1. The Kier molecular flexibility index (Phi) is 5.83. The van der Waals surface area contributed by atoms with Crippen molar-refractivity contribution < 1.29 is 4.79 Å². The molecule has 1 amide bonds. The van der Waals surface area contributed by atoms with Gasteiger partial charge in [-0.1, -0.05) is 48.5 Å². The van der Waals surface area contributed by atoms with Gasteiger partial charge in [-0.2, -0.15) is 0 Å². The van der Waals surface area contributed by atoms with Crippen LogP contribution >= 0.6 is 0 Å². The minimum Gasteiger partial charge on any atom is -0.363 e. The second kappa shape index (κ2) is 8.10. The van der Waals surface area contributed by atoms with Crippen LogP contribution in [0.15, 0.2) is 60.7 Å². The first-order chi connectivity index (χ1) is 10.3. The van der Waals surface area contributed by atoms with E-state index in [0.29, 0.717) is 13.1 Å². The third-order valence-electron chi connectivity index (χ3n) is 3.42. The van der Waals surface area contributed by atoms with Gasteiger partial charge >= 0.3 is 0 Å². The van der Waals surface area contributed by atoms with Gasteiger partial charge in [0.2, 0.25) is 5.91 Å². The average molecular weight is 282 g/mol. The Labute approximate surface area is 126 Å². The molecule has 2 rings (SSSR count). The van der Waals surface area contributed by atoms with Crippen molar-refractivity contribution in [1.29, 1.82) is 0 Å². The lowest BCUT2D eigenvalue weighted by Crippen LogP contribution is -2.38. The van der Waals surface area contributed by atoms with E-state index in [2.05, 4.69) is 29.3 Å². The number of amides is 1. The Balaban J connectivity index is 1.78. The van der Waals surface area contributed by atoms with E-state index in [9.17, 15) is 4.79 Å². The number of benzene rings is 2. The Hall–Kier alpha value is -2.29. The Morgan fingerprint density at radius 1 is 1.00 bits per heavy atom. The fourth-order valence-corrected chi connectivity index (χ4v) is 2.24. The summed E-state index contributed by atoms with van der Waals surface area (Å²) in [6.07, 6.45) is 0.865. The molecule has 0 saturated carbocycles. The van der Waals surface area contributed by atoms with Gasteiger partial charge in [0.15, 0.2) is 0 Å². The molecule has 0 aliphatic rings. The van der Waals surface area contributed by atoms with E-state index in [1.807, 2.05) is 48.5 Å². The molecule has 0 aromatic heterocycles. The van der Waals surface area contributed by atoms with E-state index in [1.165, 1.54) is 5.56 Å². The number of hydrogen-bond acceptors (Lipinski definition) is 2. The smallest absolute Gasteiger partial charge is 0.239 e. The first-order valence-electron chi connectivity index (χ1n) is 7.40. The topological polar surface area (TPSA) is 32.3 Å². The molecule has 3 heteroatoms. The quantitative estimate of drug-likeness (QED) is 0.847. The molecule has 0 heterocycles. The normalized spacial score (nSPS) is 10.1. The standard InChI is InChI=1S/C18H22N2O/c1-2-20(17-11-7-4-8-12-17)15-18(21)19-14-13-16-9-5-3-6-10-16/h3-12H,2,13-15H2,1H3,(H,19,21). The highest BCUT2D eigenvalue weighted by Gasteiger charge is 2.09. The largest absolute Gasteiger partial charge is 0.363 e. The highest BCUT2D eigenvalue weighted by Crippen LogP contribution is 2.11. The van der Waals surface area contributed by atoms with Crippen LogP contribution < -0.4 is 10.2 Å². The van der Waals surface area contributed by atoms with E-state index in [4.69, 9.17) is 0 Å². The van der Waals surface area contributed by atoms with Gasteiger partial charge < -0.3 is 10.2 Å². The second-order valence-corrected chi connectivity index (χ2v) is 4.94. The van der Waals surface area contributed by atoms with Gasteiger partial charge in [-0.3, -0.25) is 4.79 Å². The number of likely N-dealkylation sites (N-methyl/N-ethyl adjacent to an activating group) is 1. The van der Waals surface area contributed by atoms with Crippen LogP contribution in [0.4, 0.5) is 5.69 Å². The van der Waals surface area contributed by atoms with Crippen LogP contribution in [0.5, 0.6) is 0 Å². The van der Waals surface area contributed by atoms with Gasteiger partial charge in [-0.05, 0) is 31.0 Å². The van der Waals surface area contributed by atoms with Crippen molar-refractivity contribution in [2.24, 2.45) is 0 Å². The molecule has 0 fully saturated rings. The molecular weight excluding hydrogens is 260 g/mol. The predicted molar refractivity (Wildman–Crippen MR) is 87.5 cm³/mol. The van der Waals surface area contributed by atoms with Crippen molar-refractivity contribution in [3.05, 3.63) is 66.2 Å². The summed E-state index contributed by atoms with van der Waals surface area (Å²) in [6, 6.07) is 20.2. The maximum Gasteiger partial charge on any atom is 0.239 e. The molecule has 1 N–H and O–H groups in total. The van der Waals surface area contributed by atoms with Crippen molar-refractivity contribution in [3.8, 4) is 0 Å². The third kappa shape index (κ3) is 4.95. The summed E-state index contributed by atoms with van der Waals surface area (Å²) in [5, 5.41) is 2.99. The van der Waals surface area contributed by atoms with Crippen LogP contribution in [0.2, 0.25) is 0 Å². The average Bonchev–Trinajstić information content (AvgIpc) is 2.54. The summed E-state index contributed by atoms with van der Waals surface area (Å²) >= 11 is 0. The van der Waals surface area contributed by atoms with E-state index >= 15 is 0 Å². The van der Waals surface area contributed by atoms with Crippen molar-refractivity contribution >= 4 is 11.6 Å². The molecule has 0 bridgehead atoms. The van der Waals surface area contributed by atoms with Crippen LogP contribution in [-0.4, -0.2) is 25.5 Å². The molecule has 0 spiro atoms. The zero-order valence-electron chi connectivity index (χ0n) is 12.5. The van der Waals surface area contributed by atoms with Gasteiger partial charge in [-0.15, -0.1) is 0 Å². The maximum atomic E-state index is 12.0. The van der Waals surface area contributed by atoms with Crippen molar-refractivity contribution in [3.63, 3.8) is 0 Å². The van der Waals surface area contributed by atoms with Gasteiger partial charge in [0.05, 0.1) is 6.54 Å². The number of anilines is 1. The number of nitrogens with zero attached hydrogens (tertiary/aromatic N) is 1. The van der Waals surface area contributed by atoms with Gasteiger partial charge in [-0.25, -0.2) is 0 Å². The van der Waals surface area contributed by atoms with E-state index in [1.54, 1.807) is 0 Å².